The smallest absolute Gasteiger partial charge is 0.264 e. The maximum Gasteiger partial charge on any atom is 0.264 e. The van der Waals surface area contributed by atoms with Crippen molar-refractivity contribution in [3.05, 3.63) is 34.5 Å². The third kappa shape index (κ3) is 3.06. The molecule has 1 N–H and O–H groups in total. The van der Waals surface area contributed by atoms with Gasteiger partial charge in [-0.15, -0.1) is 11.3 Å². The van der Waals surface area contributed by atoms with Gasteiger partial charge in [-0.1, -0.05) is 0 Å². The first kappa shape index (κ1) is 16.6. The number of amides is 1. The SMILES string of the molecule is COc1csc(C(=O)N(Cc2nccn2C)C2CC23CCNCC3)c1. The molecule has 1 saturated heterocycles. The highest BCUT2D eigenvalue weighted by atomic mass is 32.1. The van der Waals surface area contributed by atoms with Gasteiger partial charge in [-0.25, -0.2) is 4.98 Å². The standard InChI is InChI=1S/C18H24N4O2S/c1-21-8-7-20-16(21)11-22(15-10-18(15)3-5-19-6-4-18)17(23)14-9-13(24-2)12-25-14/h7-9,12,15,19H,3-6,10-11H2,1-2H3. The van der Waals surface area contributed by atoms with Crippen LogP contribution in [0, 0.1) is 5.41 Å². The number of aryl methyl sites for hydroxylation is 1. The number of aromatic nitrogens is 2. The molecule has 1 atom stereocenters. The van der Waals surface area contributed by atoms with Gasteiger partial charge in [-0.3, -0.25) is 4.79 Å². The Bertz CT molecular complexity index is 763. The van der Waals surface area contributed by atoms with E-state index in [4.69, 9.17) is 4.74 Å². The summed E-state index contributed by atoms with van der Waals surface area (Å²) in [5, 5.41) is 5.32. The van der Waals surface area contributed by atoms with E-state index in [1.54, 1.807) is 13.3 Å². The number of nitrogens with one attached hydrogen (secondary N) is 1. The molecule has 2 aromatic heterocycles. The van der Waals surface area contributed by atoms with Crippen molar-refractivity contribution in [3.8, 4) is 5.75 Å². The predicted molar refractivity (Wildman–Crippen MR) is 96.9 cm³/mol. The Kier molecular flexibility index (Phi) is 4.29. The molecule has 1 spiro atoms. The van der Waals surface area contributed by atoms with E-state index in [1.165, 1.54) is 11.3 Å². The van der Waals surface area contributed by atoms with Gasteiger partial charge in [0, 0.05) is 36.9 Å². The second-order valence-corrected chi connectivity index (χ2v) is 7.98. The van der Waals surface area contributed by atoms with Crippen LogP contribution in [0.25, 0.3) is 0 Å². The Morgan fingerprint density at radius 2 is 2.32 bits per heavy atom. The monoisotopic (exact) mass is 360 g/mol. The lowest BCUT2D eigenvalue weighted by Crippen LogP contribution is -2.39. The largest absolute Gasteiger partial charge is 0.496 e. The number of thiophene rings is 1. The van der Waals surface area contributed by atoms with E-state index in [2.05, 4.69) is 10.3 Å². The summed E-state index contributed by atoms with van der Waals surface area (Å²) < 4.78 is 7.24. The number of carbonyl (C=O) groups excluding carboxylic acids is 1. The summed E-state index contributed by atoms with van der Waals surface area (Å²) in [6, 6.07) is 2.16. The van der Waals surface area contributed by atoms with Crippen molar-refractivity contribution in [3.63, 3.8) is 0 Å². The minimum atomic E-state index is 0.0942. The number of rotatable bonds is 5. The molecule has 4 rings (SSSR count). The zero-order valence-electron chi connectivity index (χ0n) is 14.7. The molecule has 2 fully saturated rings. The number of methoxy groups -OCH3 is 1. The van der Waals surface area contributed by atoms with E-state index < -0.39 is 0 Å². The van der Waals surface area contributed by atoms with Gasteiger partial charge < -0.3 is 19.5 Å². The molecular formula is C18H24N4O2S. The molecule has 2 aliphatic rings. The first-order valence-electron chi connectivity index (χ1n) is 8.73. The van der Waals surface area contributed by atoms with Crippen LogP contribution in [0.3, 0.4) is 0 Å². The van der Waals surface area contributed by atoms with E-state index in [0.29, 0.717) is 18.0 Å². The van der Waals surface area contributed by atoms with Gasteiger partial charge in [0.25, 0.3) is 5.91 Å². The molecule has 0 aromatic carbocycles. The summed E-state index contributed by atoms with van der Waals surface area (Å²) in [4.78, 5) is 20.5. The van der Waals surface area contributed by atoms with E-state index in [-0.39, 0.29) is 5.91 Å². The fourth-order valence-corrected chi connectivity index (χ4v) is 4.74. The number of piperidine rings is 1. The lowest BCUT2D eigenvalue weighted by molar-refractivity contribution is 0.0690. The average molecular weight is 360 g/mol. The molecule has 1 unspecified atom stereocenters. The van der Waals surface area contributed by atoms with Gasteiger partial charge in [-0.2, -0.15) is 0 Å². The lowest BCUT2D eigenvalue weighted by Gasteiger charge is -2.29. The molecule has 6 nitrogen and oxygen atoms in total. The first-order valence-corrected chi connectivity index (χ1v) is 9.61. The summed E-state index contributed by atoms with van der Waals surface area (Å²) in [7, 11) is 3.61. The van der Waals surface area contributed by atoms with Crippen molar-refractivity contribution >= 4 is 17.2 Å². The summed E-state index contributed by atoms with van der Waals surface area (Å²) in [6.45, 7) is 2.66. The maximum absolute atomic E-state index is 13.2. The van der Waals surface area contributed by atoms with Crippen LogP contribution in [0.15, 0.2) is 23.8 Å². The van der Waals surface area contributed by atoms with Gasteiger partial charge in [0.1, 0.15) is 11.6 Å². The highest BCUT2D eigenvalue weighted by Crippen LogP contribution is 2.56. The minimum Gasteiger partial charge on any atom is -0.496 e. The van der Waals surface area contributed by atoms with E-state index in [9.17, 15) is 4.79 Å². The summed E-state index contributed by atoms with van der Waals surface area (Å²) >= 11 is 1.45. The lowest BCUT2D eigenvalue weighted by atomic mass is 9.93. The topological polar surface area (TPSA) is 59.4 Å². The normalized spacial score (nSPS) is 21.3. The zero-order chi connectivity index (χ0) is 17.4. The molecule has 1 amide bonds. The first-order chi connectivity index (χ1) is 12.1. The molecule has 2 aromatic rings. The Balaban J connectivity index is 1.59. The number of hydrogen-bond donors (Lipinski definition) is 1. The molecular weight excluding hydrogens is 336 g/mol. The Morgan fingerprint density at radius 3 is 2.96 bits per heavy atom. The van der Waals surface area contributed by atoms with Crippen LogP contribution < -0.4 is 10.1 Å². The minimum absolute atomic E-state index is 0.0942. The highest BCUT2D eigenvalue weighted by molar-refractivity contribution is 7.12. The fourth-order valence-electron chi connectivity index (χ4n) is 3.93. The number of hydrogen-bond acceptors (Lipinski definition) is 5. The van der Waals surface area contributed by atoms with Gasteiger partial charge in [0.15, 0.2) is 0 Å². The van der Waals surface area contributed by atoms with Crippen LogP contribution in [0.5, 0.6) is 5.75 Å². The average Bonchev–Trinajstić information content (AvgIpc) is 3.00. The van der Waals surface area contributed by atoms with Crippen LogP contribution in [-0.4, -0.2) is 46.6 Å². The molecule has 1 saturated carbocycles. The van der Waals surface area contributed by atoms with Crippen LogP contribution in [-0.2, 0) is 13.6 Å². The van der Waals surface area contributed by atoms with E-state index in [0.717, 1.165) is 48.8 Å². The Morgan fingerprint density at radius 1 is 1.52 bits per heavy atom. The number of nitrogens with zero attached hydrogens (tertiary/aromatic N) is 3. The molecule has 7 heteroatoms. The van der Waals surface area contributed by atoms with Crippen LogP contribution in [0.1, 0.15) is 34.8 Å². The summed E-state index contributed by atoms with van der Waals surface area (Å²) in [5.41, 5.74) is 0.299. The van der Waals surface area contributed by atoms with Crippen LogP contribution >= 0.6 is 11.3 Å². The molecule has 0 radical (unpaired) electrons. The number of carbonyl (C=O) groups is 1. The van der Waals surface area contributed by atoms with Crippen molar-refractivity contribution in [2.24, 2.45) is 12.5 Å². The van der Waals surface area contributed by atoms with Crippen molar-refractivity contribution in [1.82, 2.24) is 19.8 Å². The van der Waals surface area contributed by atoms with Gasteiger partial charge >= 0.3 is 0 Å². The zero-order valence-corrected chi connectivity index (χ0v) is 15.5. The third-order valence-electron chi connectivity index (χ3n) is 5.64. The van der Waals surface area contributed by atoms with Crippen molar-refractivity contribution in [2.75, 3.05) is 20.2 Å². The van der Waals surface area contributed by atoms with Gasteiger partial charge in [-0.05, 0) is 37.8 Å². The molecule has 25 heavy (non-hydrogen) atoms. The quantitative estimate of drug-likeness (QED) is 0.889. The van der Waals surface area contributed by atoms with Crippen molar-refractivity contribution in [1.29, 1.82) is 0 Å². The highest BCUT2D eigenvalue weighted by Gasteiger charge is 2.58. The van der Waals surface area contributed by atoms with Crippen LogP contribution in [0.2, 0.25) is 0 Å². The predicted octanol–water partition coefficient (Wildman–Crippen LogP) is 2.27. The van der Waals surface area contributed by atoms with E-state index >= 15 is 0 Å². The second kappa shape index (κ2) is 6.46. The third-order valence-corrected chi connectivity index (χ3v) is 6.53. The summed E-state index contributed by atoms with van der Waals surface area (Å²) in [5.74, 6) is 1.77. The van der Waals surface area contributed by atoms with Crippen LogP contribution in [0.4, 0.5) is 0 Å². The summed E-state index contributed by atoms with van der Waals surface area (Å²) in [6.07, 6.45) is 7.12. The van der Waals surface area contributed by atoms with Gasteiger partial charge in [0.2, 0.25) is 0 Å². The maximum atomic E-state index is 13.2. The molecule has 1 aliphatic heterocycles. The van der Waals surface area contributed by atoms with Crippen molar-refractivity contribution in [2.45, 2.75) is 31.8 Å². The fraction of sp³-hybridized carbons (Fsp3) is 0.556. The molecule has 1 aliphatic carbocycles. The second-order valence-electron chi connectivity index (χ2n) is 7.07. The Hall–Kier alpha value is -1.86. The van der Waals surface area contributed by atoms with Crippen molar-refractivity contribution < 1.29 is 9.53 Å². The molecule has 3 heterocycles. The van der Waals surface area contributed by atoms with E-state index in [1.807, 2.05) is 34.2 Å². The number of ether oxygens (including phenoxy) is 1. The molecule has 0 bridgehead atoms. The molecule has 134 valence electrons. The Labute approximate surface area is 151 Å². The number of imidazole rings is 1. The van der Waals surface area contributed by atoms with Gasteiger partial charge in [0.05, 0.1) is 18.5 Å².